The largest absolute Gasteiger partial charge is 0.302 e. The van der Waals surface area contributed by atoms with E-state index in [9.17, 15) is 4.79 Å². The van der Waals surface area contributed by atoms with E-state index in [2.05, 4.69) is 10.3 Å². The topological polar surface area (TPSA) is 51.0 Å². The van der Waals surface area contributed by atoms with Gasteiger partial charge in [0.25, 0.3) is 5.91 Å². The van der Waals surface area contributed by atoms with E-state index in [0.717, 1.165) is 22.8 Å². The number of rotatable bonds is 1. The van der Waals surface area contributed by atoms with Crippen LogP contribution < -0.4 is 4.90 Å². The maximum atomic E-state index is 13.0. The summed E-state index contributed by atoms with van der Waals surface area (Å²) in [4.78, 5) is 14.8. The van der Waals surface area contributed by atoms with Crippen molar-refractivity contribution in [1.29, 1.82) is 0 Å². The Morgan fingerprint density at radius 1 is 1.00 bits per heavy atom. The molecule has 0 spiro atoms. The minimum atomic E-state index is -0.0216. The summed E-state index contributed by atoms with van der Waals surface area (Å²) < 4.78 is 1.77. The Balaban J connectivity index is 1.96. The van der Waals surface area contributed by atoms with E-state index < -0.39 is 0 Å². The zero-order valence-electron chi connectivity index (χ0n) is 12.1. The first kappa shape index (κ1) is 12.8. The molecule has 0 atom stereocenters. The lowest BCUT2D eigenvalue weighted by molar-refractivity contribution is 0.0986. The maximum absolute atomic E-state index is 13.0. The fourth-order valence-corrected chi connectivity index (χ4v) is 2.77. The molecule has 5 heteroatoms. The van der Waals surface area contributed by atoms with E-state index in [1.807, 2.05) is 61.5 Å². The van der Waals surface area contributed by atoms with Crippen LogP contribution in [0.15, 0.2) is 54.6 Å². The van der Waals surface area contributed by atoms with Crippen LogP contribution in [0.3, 0.4) is 0 Å². The summed E-state index contributed by atoms with van der Waals surface area (Å²) in [6.45, 7) is 2.37. The molecule has 0 N–H and O–H groups in total. The van der Waals surface area contributed by atoms with Crippen LogP contribution in [-0.2, 0) is 6.54 Å². The van der Waals surface area contributed by atoms with Crippen molar-refractivity contribution in [2.45, 2.75) is 13.5 Å². The quantitative estimate of drug-likeness (QED) is 0.692. The molecule has 0 aliphatic carbocycles. The molecule has 3 aromatic rings. The summed E-state index contributed by atoms with van der Waals surface area (Å²) in [5, 5.41) is 8.37. The summed E-state index contributed by atoms with van der Waals surface area (Å²) in [6.07, 6.45) is 0. The molecule has 1 aromatic heterocycles. The number of nitrogens with zero attached hydrogens (tertiary/aromatic N) is 4. The summed E-state index contributed by atoms with van der Waals surface area (Å²) >= 11 is 0. The predicted molar refractivity (Wildman–Crippen MR) is 83.1 cm³/mol. The van der Waals surface area contributed by atoms with Crippen molar-refractivity contribution >= 4 is 11.6 Å². The number of fused-ring (bicyclic) bond motifs is 3. The van der Waals surface area contributed by atoms with Crippen LogP contribution in [0.4, 0.5) is 5.69 Å². The third kappa shape index (κ3) is 1.83. The minimum absolute atomic E-state index is 0.0216. The number of carbonyl (C=O) groups excluding carboxylic acids is 1. The highest BCUT2D eigenvalue weighted by molar-refractivity contribution is 6.08. The average Bonchev–Trinajstić information content (AvgIpc) is 2.87. The van der Waals surface area contributed by atoms with Crippen molar-refractivity contribution < 1.29 is 4.79 Å². The SMILES string of the molecule is Cc1nnn2c1CN(c1ccccc1)C(=O)c1ccccc1-2. The van der Waals surface area contributed by atoms with Gasteiger partial charge in [-0.15, -0.1) is 5.10 Å². The van der Waals surface area contributed by atoms with E-state index in [1.165, 1.54) is 0 Å². The summed E-state index contributed by atoms with van der Waals surface area (Å²) in [5.74, 6) is -0.0216. The highest BCUT2D eigenvalue weighted by Crippen LogP contribution is 2.28. The van der Waals surface area contributed by atoms with Crippen LogP contribution in [0.1, 0.15) is 21.7 Å². The van der Waals surface area contributed by atoms with E-state index in [4.69, 9.17) is 0 Å². The highest BCUT2D eigenvalue weighted by Gasteiger charge is 2.28. The number of amides is 1. The Kier molecular flexibility index (Phi) is 2.79. The van der Waals surface area contributed by atoms with Crippen LogP contribution in [0.5, 0.6) is 0 Å². The molecule has 0 radical (unpaired) electrons. The van der Waals surface area contributed by atoms with E-state index in [0.29, 0.717) is 12.1 Å². The van der Waals surface area contributed by atoms with E-state index in [-0.39, 0.29) is 5.91 Å². The second kappa shape index (κ2) is 4.80. The standard InChI is InChI=1S/C17H14N4O/c1-12-16-11-20(13-7-3-2-4-8-13)17(22)14-9-5-6-10-15(14)21(16)19-18-12/h2-10H,11H2,1H3. The Bertz CT molecular complexity index is 854. The molecule has 22 heavy (non-hydrogen) atoms. The minimum Gasteiger partial charge on any atom is -0.302 e. The second-order valence-corrected chi connectivity index (χ2v) is 5.28. The Labute approximate surface area is 127 Å². The molecule has 108 valence electrons. The van der Waals surface area contributed by atoms with Gasteiger partial charge < -0.3 is 4.90 Å². The molecule has 5 nitrogen and oxygen atoms in total. The molecule has 0 saturated carbocycles. The molecule has 0 fully saturated rings. The van der Waals surface area contributed by atoms with Gasteiger partial charge in [0, 0.05) is 5.69 Å². The van der Waals surface area contributed by atoms with Crippen LogP contribution >= 0.6 is 0 Å². The molecular weight excluding hydrogens is 276 g/mol. The van der Waals surface area contributed by atoms with Crippen molar-refractivity contribution in [1.82, 2.24) is 15.0 Å². The first-order valence-electron chi connectivity index (χ1n) is 7.13. The Morgan fingerprint density at radius 2 is 1.73 bits per heavy atom. The van der Waals surface area contributed by atoms with E-state index >= 15 is 0 Å². The van der Waals surface area contributed by atoms with Crippen LogP contribution in [0.25, 0.3) is 5.69 Å². The van der Waals surface area contributed by atoms with Crippen LogP contribution in [-0.4, -0.2) is 20.9 Å². The average molecular weight is 290 g/mol. The Morgan fingerprint density at radius 3 is 2.55 bits per heavy atom. The van der Waals surface area contributed by atoms with Crippen molar-refractivity contribution in [3.05, 3.63) is 71.5 Å². The molecule has 2 heterocycles. The summed E-state index contributed by atoms with van der Waals surface area (Å²) in [7, 11) is 0. The smallest absolute Gasteiger partial charge is 0.260 e. The molecule has 2 aromatic carbocycles. The molecule has 0 saturated heterocycles. The van der Waals surface area contributed by atoms with Crippen molar-refractivity contribution in [2.24, 2.45) is 0 Å². The zero-order chi connectivity index (χ0) is 15.1. The maximum Gasteiger partial charge on any atom is 0.260 e. The monoisotopic (exact) mass is 290 g/mol. The molecule has 1 aliphatic heterocycles. The number of aromatic nitrogens is 3. The third-order valence-electron chi connectivity index (χ3n) is 3.94. The van der Waals surface area contributed by atoms with Gasteiger partial charge in [-0.25, -0.2) is 4.68 Å². The highest BCUT2D eigenvalue weighted by atomic mass is 16.2. The summed E-state index contributed by atoms with van der Waals surface area (Å²) in [6, 6.07) is 17.2. The zero-order valence-corrected chi connectivity index (χ0v) is 12.1. The van der Waals surface area contributed by atoms with Gasteiger partial charge in [-0.1, -0.05) is 35.5 Å². The van der Waals surface area contributed by atoms with Gasteiger partial charge >= 0.3 is 0 Å². The van der Waals surface area contributed by atoms with Crippen LogP contribution in [0, 0.1) is 6.92 Å². The van der Waals surface area contributed by atoms with Gasteiger partial charge in [0.15, 0.2) is 0 Å². The summed E-state index contributed by atoms with van der Waals surface area (Å²) in [5.41, 5.74) is 4.06. The van der Waals surface area contributed by atoms with Gasteiger partial charge in [-0.2, -0.15) is 0 Å². The normalized spacial score (nSPS) is 13.5. The van der Waals surface area contributed by atoms with Crippen molar-refractivity contribution in [3.8, 4) is 5.69 Å². The fraction of sp³-hybridized carbons (Fsp3) is 0.118. The number of aryl methyl sites for hydroxylation is 1. The lowest BCUT2D eigenvalue weighted by Crippen LogP contribution is -2.29. The number of para-hydroxylation sites is 2. The van der Waals surface area contributed by atoms with Gasteiger partial charge in [0.05, 0.1) is 29.2 Å². The van der Waals surface area contributed by atoms with E-state index in [1.54, 1.807) is 9.58 Å². The number of hydrogen-bond acceptors (Lipinski definition) is 3. The lowest BCUT2D eigenvalue weighted by Gasteiger charge is -2.20. The molecular formula is C17H14N4O. The third-order valence-corrected chi connectivity index (χ3v) is 3.94. The molecule has 4 rings (SSSR count). The first-order chi connectivity index (χ1) is 10.8. The van der Waals surface area contributed by atoms with Gasteiger partial charge in [0.2, 0.25) is 0 Å². The molecule has 0 unspecified atom stereocenters. The van der Waals surface area contributed by atoms with Gasteiger partial charge in [-0.05, 0) is 31.2 Å². The predicted octanol–water partition coefficient (Wildman–Crippen LogP) is 2.74. The first-order valence-corrected chi connectivity index (χ1v) is 7.13. The van der Waals surface area contributed by atoms with Crippen molar-refractivity contribution in [3.63, 3.8) is 0 Å². The lowest BCUT2D eigenvalue weighted by atomic mass is 10.1. The van der Waals surface area contributed by atoms with Gasteiger partial charge in [0.1, 0.15) is 0 Å². The fourth-order valence-electron chi connectivity index (χ4n) is 2.77. The molecule has 1 amide bonds. The number of benzene rings is 2. The van der Waals surface area contributed by atoms with Gasteiger partial charge in [-0.3, -0.25) is 4.79 Å². The van der Waals surface area contributed by atoms with Crippen molar-refractivity contribution in [2.75, 3.05) is 4.90 Å². The van der Waals surface area contributed by atoms with Crippen LogP contribution in [0.2, 0.25) is 0 Å². The Hall–Kier alpha value is -2.95. The molecule has 1 aliphatic rings. The number of anilines is 1. The number of hydrogen-bond donors (Lipinski definition) is 0. The number of carbonyl (C=O) groups is 1. The second-order valence-electron chi connectivity index (χ2n) is 5.28. The molecule has 0 bridgehead atoms.